The summed E-state index contributed by atoms with van der Waals surface area (Å²) in [5.74, 6) is 1.32. The first-order chi connectivity index (χ1) is 9.78. The van der Waals surface area contributed by atoms with E-state index >= 15 is 0 Å². The lowest BCUT2D eigenvalue weighted by Crippen LogP contribution is -2.39. The summed E-state index contributed by atoms with van der Waals surface area (Å²) in [6.07, 6.45) is 16.9. The number of aliphatic imine (C=N–C) groups is 1. The van der Waals surface area contributed by atoms with E-state index in [1.165, 1.54) is 38.5 Å². The van der Waals surface area contributed by atoms with Gasteiger partial charge in [-0.3, -0.25) is 0 Å². The Morgan fingerprint density at radius 1 is 1.05 bits per heavy atom. The molecule has 2 aliphatic carbocycles. The third-order valence-corrected chi connectivity index (χ3v) is 4.11. The third kappa shape index (κ3) is 4.88. The number of hydrogen-bond acceptors (Lipinski definition) is 3. The molecule has 2 fully saturated rings. The number of carbonyl (C=O) groups excluding carboxylic acids is 1. The average Bonchev–Trinajstić information content (AvgIpc) is 2.49. The van der Waals surface area contributed by atoms with Crippen LogP contribution < -0.4 is 5.32 Å². The molecule has 2 aliphatic rings. The Morgan fingerprint density at radius 3 is 2.25 bits per heavy atom. The predicted molar refractivity (Wildman–Crippen MR) is 79.2 cm³/mol. The summed E-state index contributed by atoms with van der Waals surface area (Å²) in [5, 5.41) is 3.28. The van der Waals surface area contributed by atoms with Crippen LogP contribution in [0.1, 0.15) is 64.2 Å². The summed E-state index contributed by atoms with van der Waals surface area (Å²) in [7, 11) is 0. The number of carbonyl (C=O) groups is 1. The lowest BCUT2D eigenvalue weighted by Gasteiger charge is -2.25. The van der Waals surface area contributed by atoms with Gasteiger partial charge >= 0.3 is 5.97 Å². The molecule has 2 saturated carbocycles. The van der Waals surface area contributed by atoms with Crippen LogP contribution in [0.5, 0.6) is 0 Å². The van der Waals surface area contributed by atoms with Gasteiger partial charge in [0.1, 0.15) is 0 Å². The van der Waals surface area contributed by atoms with E-state index < -0.39 is 5.97 Å². The Morgan fingerprint density at radius 2 is 1.65 bits per heavy atom. The molecule has 0 aromatic rings. The molecule has 0 unspecified atom stereocenters. The number of ether oxygens (including phenoxy) is 1. The topological polar surface area (TPSA) is 50.7 Å². The van der Waals surface area contributed by atoms with Gasteiger partial charge in [-0.25, -0.2) is 9.79 Å². The molecule has 0 atom stereocenters. The van der Waals surface area contributed by atoms with Crippen LogP contribution in [0.25, 0.3) is 0 Å². The van der Waals surface area contributed by atoms with Crippen LogP contribution in [0.4, 0.5) is 0 Å². The second-order valence-corrected chi connectivity index (χ2v) is 5.74. The molecule has 20 heavy (non-hydrogen) atoms. The number of hydrogen-bond donors (Lipinski definition) is 1. The number of rotatable bonds is 2. The summed E-state index contributed by atoms with van der Waals surface area (Å²) in [6.45, 7) is 0. The van der Waals surface area contributed by atoms with E-state index in [-0.39, 0.29) is 6.04 Å². The summed E-state index contributed by atoms with van der Waals surface area (Å²) in [6, 6.07) is 0.962. The zero-order valence-electron chi connectivity index (χ0n) is 12.1. The van der Waals surface area contributed by atoms with E-state index in [0.29, 0.717) is 12.1 Å². The molecule has 0 aliphatic heterocycles. The summed E-state index contributed by atoms with van der Waals surface area (Å²) in [5.41, 5.74) is 0. The van der Waals surface area contributed by atoms with Crippen LogP contribution in [0, 0.1) is 12.3 Å². The average molecular weight is 276 g/mol. The maximum atomic E-state index is 11.3. The highest BCUT2D eigenvalue weighted by Crippen LogP contribution is 2.21. The van der Waals surface area contributed by atoms with Gasteiger partial charge in [0.2, 0.25) is 0 Å². The fourth-order valence-electron chi connectivity index (χ4n) is 3.01. The van der Waals surface area contributed by atoms with E-state index in [1.54, 1.807) is 0 Å². The van der Waals surface area contributed by atoms with Crippen molar-refractivity contribution >= 4 is 12.0 Å². The standard InChI is InChI=1S/C16H24N2O2/c1-2-15(19)20-16(17-13-9-5-3-6-10-13)18-14-11-7-4-8-12-14/h1,13-14H,3-12H2,(H,17,18). The highest BCUT2D eigenvalue weighted by atomic mass is 16.6. The Kier molecular flexibility index (Phi) is 5.91. The Labute approximate surface area is 121 Å². The maximum absolute atomic E-state index is 11.3. The van der Waals surface area contributed by atoms with Crippen molar-refractivity contribution in [1.29, 1.82) is 0 Å². The first kappa shape index (κ1) is 14.9. The van der Waals surface area contributed by atoms with Crippen LogP contribution in [-0.2, 0) is 9.53 Å². The van der Waals surface area contributed by atoms with E-state index in [9.17, 15) is 4.79 Å². The van der Waals surface area contributed by atoms with Crippen molar-refractivity contribution in [2.45, 2.75) is 76.3 Å². The lowest BCUT2D eigenvalue weighted by molar-refractivity contribution is -0.129. The second kappa shape index (κ2) is 7.94. The molecule has 2 rings (SSSR count). The van der Waals surface area contributed by atoms with Gasteiger partial charge in [-0.1, -0.05) is 38.5 Å². The first-order valence-corrected chi connectivity index (χ1v) is 7.80. The van der Waals surface area contributed by atoms with Crippen LogP contribution in [-0.4, -0.2) is 24.1 Å². The van der Waals surface area contributed by atoms with Crippen molar-refractivity contribution in [1.82, 2.24) is 5.32 Å². The minimum Gasteiger partial charge on any atom is -0.383 e. The molecule has 0 aromatic carbocycles. The summed E-state index contributed by atoms with van der Waals surface area (Å²) < 4.78 is 5.17. The fraction of sp³-hybridized carbons (Fsp3) is 0.750. The number of amidine groups is 1. The van der Waals surface area contributed by atoms with Crippen molar-refractivity contribution < 1.29 is 9.53 Å². The molecule has 4 heteroatoms. The van der Waals surface area contributed by atoms with Crippen LogP contribution in [0.3, 0.4) is 0 Å². The molecule has 0 bridgehead atoms. The second-order valence-electron chi connectivity index (χ2n) is 5.74. The molecular weight excluding hydrogens is 252 g/mol. The van der Waals surface area contributed by atoms with Gasteiger partial charge in [-0.15, -0.1) is 6.42 Å². The van der Waals surface area contributed by atoms with Gasteiger partial charge < -0.3 is 10.1 Å². The predicted octanol–water partition coefficient (Wildman–Crippen LogP) is 2.77. The highest BCUT2D eigenvalue weighted by molar-refractivity contribution is 5.96. The normalized spacial score (nSPS) is 22.1. The Bertz CT molecular complexity index is 386. The maximum Gasteiger partial charge on any atom is 0.391 e. The minimum absolute atomic E-state index is 0.264. The van der Waals surface area contributed by atoms with Gasteiger partial charge in [0.05, 0.1) is 6.04 Å². The van der Waals surface area contributed by atoms with Crippen LogP contribution >= 0.6 is 0 Å². The number of nitrogens with one attached hydrogen (secondary N) is 1. The van der Waals surface area contributed by atoms with Gasteiger partial charge in [0, 0.05) is 12.0 Å². The van der Waals surface area contributed by atoms with Gasteiger partial charge in [-0.2, -0.15) is 0 Å². The van der Waals surface area contributed by atoms with E-state index in [0.717, 1.165) is 25.7 Å². The molecule has 4 nitrogen and oxygen atoms in total. The van der Waals surface area contributed by atoms with Gasteiger partial charge in [0.25, 0.3) is 6.02 Å². The minimum atomic E-state index is -0.664. The molecule has 0 heterocycles. The van der Waals surface area contributed by atoms with Crippen molar-refractivity contribution in [3.8, 4) is 12.3 Å². The van der Waals surface area contributed by atoms with Crippen molar-refractivity contribution in [3.05, 3.63) is 0 Å². The number of terminal acetylenes is 1. The smallest absolute Gasteiger partial charge is 0.383 e. The van der Waals surface area contributed by atoms with Crippen molar-refractivity contribution in [2.24, 2.45) is 4.99 Å². The van der Waals surface area contributed by atoms with Gasteiger partial charge in [-0.05, 0) is 25.7 Å². The largest absolute Gasteiger partial charge is 0.391 e. The quantitative estimate of drug-likeness (QED) is 0.277. The first-order valence-electron chi connectivity index (χ1n) is 7.80. The molecule has 0 aromatic heterocycles. The molecule has 110 valence electrons. The van der Waals surface area contributed by atoms with E-state index in [4.69, 9.17) is 11.2 Å². The summed E-state index contributed by atoms with van der Waals surface area (Å²) in [4.78, 5) is 15.9. The molecule has 0 saturated heterocycles. The van der Waals surface area contributed by atoms with Crippen LogP contribution in [0.2, 0.25) is 0 Å². The monoisotopic (exact) mass is 276 g/mol. The van der Waals surface area contributed by atoms with Gasteiger partial charge in [0.15, 0.2) is 0 Å². The third-order valence-electron chi connectivity index (χ3n) is 4.11. The molecule has 0 spiro atoms. The van der Waals surface area contributed by atoms with Crippen molar-refractivity contribution in [2.75, 3.05) is 0 Å². The SMILES string of the molecule is C#CC(=O)OC(=NC1CCCCC1)NC1CCCCC1. The molecule has 0 amide bonds. The zero-order valence-corrected chi connectivity index (χ0v) is 12.1. The fourth-order valence-corrected chi connectivity index (χ4v) is 3.01. The highest BCUT2D eigenvalue weighted by Gasteiger charge is 2.19. The molecular formula is C16H24N2O2. The van der Waals surface area contributed by atoms with E-state index in [1.807, 2.05) is 5.92 Å². The molecule has 0 radical (unpaired) electrons. The van der Waals surface area contributed by atoms with Crippen LogP contribution in [0.15, 0.2) is 4.99 Å². The lowest BCUT2D eigenvalue weighted by atomic mass is 9.95. The molecule has 1 N–H and O–H groups in total. The zero-order chi connectivity index (χ0) is 14.2. The Hall–Kier alpha value is -1.50. The van der Waals surface area contributed by atoms with E-state index in [2.05, 4.69) is 10.3 Å². The number of esters is 1. The van der Waals surface area contributed by atoms with Crippen molar-refractivity contribution in [3.63, 3.8) is 0 Å². The summed E-state index contributed by atoms with van der Waals surface area (Å²) >= 11 is 0. The Balaban J connectivity index is 1.96. The number of nitrogens with zero attached hydrogens (tertiary/aromatic N) is 1.